The van der Waals surface area contributed by atoms with E-state index in [-0.39, 0.29) is 23.5 Å². The fourth-order valence-corrected chi connectivity index (χ4v) is 3.42. The Hall–Kier alpha value is -0.660. The number of ether oxygens (including phenoxy) is 1. The maximum Gasteiger partial charge on any atom is 0.324 e. The summed E-state index contributed by atoms with van der Waals surface area (Å²) in [6.45, 7) is 4.47. The normalized spacial score (nSPS) is 21.6. The van der Waals surface area contributed by atoms with Gasteiger partial charge in [-0.25, -0.2) is 8.42 Å². The van der Waals surface area contributed by atoms with Gasteiger partial charge in [0.15, 0.2) is 9.84 Å². The van der Waals surface area contributed by atoms with E-state index in [4.69, 9.17) is 4.74 Å². The number of nitrogens with one attached hydrogen (secondary N) is 1. The van der Waals surface area contributed by atoms with Crippen molar-refractivity contribution in [1.29, 1.82) is 0 Å². The molecule has 1 aliphatic rings. The van der Waals surface area contributed by atoms with Gasteiger partial charge in [0.25, 0.3) is 0 Å². The van der Waals surface area contributed by atoms with Gasteiger partial charge in [-0.3, -0.25) is 4.79 Å². The Bertz CT molecular complexity index is 383. The van der Waals surface area contributed by atoms with Gasteiger partial charge in [0, 0.05) is 13.1 Å². The number of carbonyl (C=O) groups excluding carboxylic acids is 1. The molecule has 1 saturated heterocycles. The highest BCUT2D eigenvalue weighted by Gasteiger charge is 2.25. The minimum atomic E-state index is -2.91. The number of hydrogen-bond acceptors (Lipinski definition) is 6. The summed E-state index contributed by atoms with van der Waals surface area (Å²) in [4.78, 5) is 13.7. The second-order valence-electron chi connectivity index (χ2n) is 4.84. The standard InChI is InChI=1S/C12H24N2O4S/c1-3-5-13-11(12(15)18-2)10-14-6-4-8-19(16,17)9-7-14/h11,13H,3-10H2,1-2H3. The zero-order valence-electron chi connectivity index (χ0n) is 11.7. The van der Waals surface area contributed by atoms with E-state index < -0.39 is 9.84 Å². The summed E-state index contributed by atoms with van der Waals surface area (Å²) < 4.78 is 27.8. The van der Waals surface area contributed by atoms with Gasteiger partial charge in [-0.2, -0.15) is 0 Å². The molecule has 0 radical (unpaired) electrons. The highest BCUT2D eigenvalue weighted by molar-refractivity contribution is 7.91. The van der Waals surface area contributed by atoms with Crippen molar-refractivity contribution in [1.82, 2.24) is 10.2 Å². The molecule has 112 valence electrons. The third-order valence-corrected chi connectivity index (χ3v) is 4.93. The van der Waals surface area contributed by atoms with Gasteiger partial charge in [-0.05, 0) is 25.9 Å². The maximum absolute atomic E-state index is 11.7. The first-order valence-electron chi connectivity index (χ1n) is 6.72. The summed E-state index contributed by atoms with van der Waals surface area (Å²) in [5.41, 5.74) is 0. The first-order valence-corrected chi connectivity index (χ1v) is 8.54. The van der Waals surface area contributed by atoms with E-state index in [1.54, 1.807) is 0 Å². The van der Waals surface area contributed by atoms with Crippen molar-refractivity contribution in [2.45, 2.75) is 25.8 Å². The topological polar surface area (TPSA) is 75.7 Å². The third kappa shape index (κ3) is 5.88. The molecule has 1 atom stereocenters. The summed E-state index contributed by atoms with van der Waals surface area (Å²) >= 11 is 0. The highest BCUT2D eigenvalue weighted by Crippen LogP contribution is 2.06. The van der Waals surface area contributed by atoms with Crippen LogP contribution in [0, 0.1) is 0 Å². The smallest absolute Gasteiger partial charge is 0.324 e. The van der Waals surface area contributed by atoms with Gasteiger partial charge in [0.05, 0.1) is 18.6 Å². The van der Waals surface area contributed by atoms with Crippen LogP contribution in [0.2, 0.25) is 0 Å². The van der Waals surface area contributed by atoms with Crippen molar-refractivity contribution in [3.05, 3.63) is 0 Å². The lowest BCUT2D eigenvalue weighted by molar-refractivity contribution is -0.143. The lowest BCUT2D eigenvalue weighted by Gasteiger charge is -2.25. The predicted molar refractivity (Wildman–Crippen MR) is 73.8 cm³/mol. The average Bonchev–Trinajstić information content (AvgIpc) is 2.55. The minimum absolute atomic E-state index is 0.175. The highest BCUT2D eigenvalue weighted by atomic mass is 32.2. The lowest BCUT2D eigenvalue weighted by Crippen LogP contribution is -2.47. The van der Waals surface area contributed by atoms with E-state index in [1.807, 2.05) is 11.8 Å². The van der Waals surface area contributed by atoms with Crippen LogP contribution in [0.15, 0.2) is 0 Å². The second-order valence-corrected chi connectivity index (χ2v) is 7.14. The van der Waals surface area contributed by atoms with Crippen LogP contribution in [0.3, 0.4) is 0 Å². The Morgan fingerprint density at radius 2 is 2.11 bits per heavy atom. The Labute approximate surface area is 115 Å². The first kappa shape index (κ1) is 16.4. The Morgan fingerprint density at radius 3 is 2.74 bits per heavy atom. The molecule has 19 heavy (non-hydrogen) atoms. The number of carbonyl (C=O) groups is 1. The van der Waals surface area contributed by atoms with E-state index in [2.05, 4.69) is 5.32 Å². The molecule has 1 N–H and O–H groups in total. The minimum Gasteiger partial charge on any atom is -0.468 e. The van der Waals surface area contributed by atoms with Crippen molar-refractivity contribution >= 4 is 15.8 Å². The molecule has 1 fully saturated rings. The van der Waals surface area contributed by atoms with Crippen molar-refractivity contribution in [2.24, 2.45) is 0 Å². The molecule has 0 spiro atoms. The molecule has 7 heteroatoms. The molecule has 0 aromatic heterocycles. The van der Waals surface area contributed by atoms with Crippen molar-refractivity contribution < 1.29 is 17.9 Å². The van der Waals surface area contributed by atoms with Crippen LogP contribution in [0.1, 0.15) is 19.8 Å². The molecule has 6 nitrogen and oxygen atoms in total. The number of rotatable bonds is 6. The molecule has 0 amide bonds. The molecule has 0 bridgehead atoms. The van der Waals surface area contributed by atoms with Gasteiger partial charge in [0.1, 0.15) is 6.04 Å². The van der Waals surface area contributed by atoms with Crippen LogP contribution in [-0.4, -0.2) is 70.1 Å². The van der Waals surface area contributed by atoms with E-state index in [0.29, 0.717) is 26.1 Å². The molecule has 1 heterocycles. The number of nitrogens with zero attached hydrogens (tertiary/aromatic N) is 1. The van der Waals surface area contributed by atoms with E-state index in [1.165, 1.54) is 7.11 Å². The number of esters is 1. The van der Waals surface area contributed by atoms with Crippen LogP contribution in [0.5, 0.6) is 0 Å². The fourth-order valence-electron chi connectivity index (χ4n) is 2.11. The second kappa shape index (κ2) is 7.81. The molecular weight excluding hydrogens is 268 g/mol. The Balaban J connectivity index is 2.55. The lowest BCUT2D eigenvalue weighted by atomic mass is 10.2. The fraction of sp³-hybridized carbons (Fsp3) is 0.917. The summed E-state index contributed by atoms with van der Waals surface area (Å²) in [5.74, 6) is 0.129. The van der Waals surface area contributed by atoms with E-state index in [0.717, 1.165) is 13.0 Å². The van der Waals surface area contributed by atoms with E-state index >= 15 is 0 Å². The first-order chi connectivity index (χ1) is 8.98. The van der Waals surface area contributed by atoms with Gasteiger partial charge >= 0.3 is 5.97 Å². The van der Waals surface area contributed by atoms with Gasteiger partial charge in [-0.15, -0.1) is 0 Å². The van der Waals surface area contributed by atoms with Crippen molar-refractivity contribution in [3.8, 4) is 0 Å². The van der Waals surface area contributed by atoms with Gasteiger partial charge in [0.2, 0.25) is 0 Å². The quantitative estimate of drug-likeness (QED) is 0.674. The van der Waals surface area contributed by atoms with Crippen LogP contribution in [0.25, 0.3) is 0 Å². The van der Waals surface area contributed by atoms with Crippen LogP contribution in [0.4, 0.5) is 0 Å². The molecular formula is C12H24N2O4S. The Kier molecular flexibility index (Phi) is 6.74. The molecule has 1 unspecified atom stereocenters. The van der Waals surface area contributed by atoms with Gasteiger partial charge in [-0.1, -0.05) is 6.92 Å². The number of hydrogen-bond donors (Lipinski definition) is 1. The number of methoxy groups -OCH3 is 1. The monoisotopic (exact) mass is 292 g/mol. The van der Waals surface area contributed by atoms with Crippen molar-refractivity contribution in [2.75, 3.05) is 44.8 Å². The zero-order valence-corrected chi connectivity index (χ0v) is 12.5. The molecule has 0 aliphatic carbocycles. The number of sulfone groups is 1. The average molecular weight is 292 g/mol. The third-order valence-electron chi connectivity index (χ3n) is 3.22. The van der Waals surface area contributed by atoms with Crippen molar-refractivity contribution in [3.63, 3.8) is 0 Å². The van der Waals surface area contributed by atoms with Crippen LogP contribution in [-0.2, 0) is 19.4 Å². The molecule has 0 saturated carbocycles. The molecule has 1 aliphatic heterocycles. The molecule has 0 aromatic rings. The van der Waals surface area contributed by atoms with Gasteiger partial charge < -0.3 is 15.0 Å². The summed E-state index contributed by atoms with van der Waals surface area (Å²) in [5, 5.41) is 3.14. The summed E-state index contributed by atoms with van der Waals surface area (Å²) in [6.07, 6.45) is 1.56. The zero-order chi connectivity index (χ0) is 14.3. The summed E-state index contributed by atoms with van der Waals surface area (Å²) in [7, 11) is -1.54. The van der Waals surface area contributed by atoms with Crippen LogP contribution >= 0.6 is 0 Å². The van der Waals surface area contributed by atoms with E-state index in [9.17, 15) is 13.2 Å². The van der Waals surface area contributed by atoms with Crippen LogP contribution < -0.4 is 5.32 Å². The Morgan fingerprint density at radius 1 is 1.37 bits per heavy atom. The maximum atomic E-state index is 11.7. The largest absolute Gasteiger partial charge is 0.468 e. The molecule has 0 aromatic carbocycles. The SMILES string of the molecule is CCCNC(CN1CCCS(=O)(=O)CC1)C(=O)OC. The predicted octanol–water partition coefficient (Wildman–Crippen LogP) is -0.352. The summed E-state index contributed by atoms with van der Waals surface area (Å²) in [6, 6.07) is -0.384. The molecule has 1 rings (SSSR count).